The lowest BCUT2D eigenvalue weighted by Gasteiger charge is -2.32. The second-order valence-electron chi connectivity index (χ2n) is 8.39. The Bertz CT molecular complexity index is 1030. The second-order valence-corrected chi connectivity index (χ2v) is 8.39. The molecule has 6 heteroatoms. The molecule has 3 aromatic rings. The first-order chi connectivity index (χ1) is 15.4. The molecule has 0 saturated carbocycles. The first kappa shape index (κ1) is 22.3. The third-order valence-corrected chi connectivity index (χ3v) is 5.97. The molecule has 2 aromatic carbocycles. The van der Waals surface area contributed by atoms with Crippen LogP contribution in [0.1, 0.15) is 46.7 Å². The van der Waals surface area contributed by atoms with Crippen LogP contribution in [0.4, 0.5) is 13.2 Å². The Morgan fingerprint density at radius 3 is 2.56 bits per heavy atom. The van der Waals surface area contributed by atoms with Crippen molar-refractivity contribution in [3.05, 3.63) is 94.8 Å². The number of likely N-dealkylation sites (tertiary alicyclic amines) is 1. The van der Waals surface area contributed by atoms with E-state index in [1.807, 2.05) is 24.3 Å². The Labute approximate surface area is 186 Å². The van der Waals surface area contributed by atoms with E-state index >= 15 is 0 Å². The Morgan fingerprint density at radius 2 is 1.81 bits per heavy atom. The normalized spacial score (nSPS) is 17.3. The average molecular weight is 441 g/mol. The summed E-state index contributed by atoms with van der Waals surface area (Å²) in [5.74, 6) is 1.23. The number of hydrogen-bond acceptors (Lipinski definition) is 3. The van der Waals surface area contributed by atoms with Gasteiger partial charge in [-0.05, 0) is 66.8 Å². The molecule has 0 amide bonds. The van der Waals surface area contributed by atoms with E-state index in [9.17, 15) is 13.2 Å². The second kappa shape index (κ2) is 9.74. The molecular formula is C26H27F3N2O. The maximum Gasteiger partial charge on any atom is 0.416 e. The number of pyridine rings is 1. The van der Waals surface area contributed by atoms with Gasteiger partial charge in [0.05, 0.1) is 12.7 Å². The standard InChI is InChI=1S/C26H27F3N2O/c1-32-24-9-3-6-21(15-24)17-31-12-4-7-22(18-31)25-11-10-20(16-30-25)13-19-5-2-8-23(14-19)26(27,28)29/h2-3,5-6,8-11,14-16,22H,4,7,12-13,17-18H2,1H3/t22-/m1/s1. The highest BCUT2D eigenvalue weighted by Gasteiger charge is 2.30. The van der Waals surface area contributed by atoms with E-state index in [1.54, 1.807) is 19.4 Å². The Balaban J connectivity index is 1.39. The fraction of sp³-hybridized carbons (Fsp3) is 0.346. The number of nitrogens with zero attached hydrogens (tertiary/aromatic N) is 2. The zero-order valence-electron chi connectivity index (χ0n) is 18.1. The number of benzene rings is 2. The lowest BCUT2D eigenvalue weighted by atomic mass is 9.93. The highest BCUT2D eigenvalue weighted by molar-refractivity contribution is 5.31. The summed E-state index contributed by atoms with van der Waals surface area (Å²) in [4.78, 5) is 7.12. The molecule has 3 nitrogen and oxygen atoms in total. The number of methoxy groups -OCH3 is 1. The highest BCUT2D eigenvalue weighted by atomic mass is 19.4. The van der Waals surface area contributed by atoms with Crippen LogP contribution in [0.5, 0.6) is 5.75 Å². The summed E-state index contributed by atoms with van der Waals surface area (Å²) in [6.45, 7) is 2.87. The minimum absolute atomic E-state index is 0.358. The summed E-state index contributed by atoms with van der Waals surface area (Å²) in [6, 6.07) is 17.7. The zero-order valence-corrected chi connectivity index (χ0v) is 18.1. The van der Waals surface area contributed by atoms with Crippen molar-refractivity contribution < 1.29 is 17.9 Å². The Kier molecular flexibility index (Phi) is 6.80. The molecule has 1 saturated heterocycles. The Morgan fingerprint density at radius 1 is 1.00 bits per heavy atom. The smallest absolute Gasteiger partial charge is 0.416 e. The van der Waals surface area contributed by atoms with E-state index in [0.717, 1.165) is 55.5 Å². The van der Waals surface area contributed by atoms with Crippen LogP contribution in [-0.2, 0) is 19.1 Å². The lowest BCUT2D eigenvalue weighted by Crippen LogP contribution is -2.34. The molecule has 4 rings (SSSR count). The summed E-state index contributed by atoms with van der Waals surface area (Å²) >= 11 is 0. The predicted molar refractivity (Wildman–Crippen MR) is 119 cm³/mol. The predicted octanol–water partition coefficient (Wildman–Crippen LogP) is 6.08. The van der Waals surface area contributed by atoms with Crippen LogP contribution < -0.4 is 4.74 Å². The number of rotatable bonds is 6. The monoisotopic (exact) mass is 440 g/mol. The molecule has 1 aliphatic heterocycles. The number of piperidine rings is 1. The van der Waals surface area contributed by atoms with Gasteiger partial charge in [-0.15, -0.1) is 0 Å². The molecule has 1 aromatic heterocycles. The van der Waals surface area contributed by atoms with Crippen LogP contribution in [0.2, 0.25) is 0 Å². The van der Waals surface area contributed by atoms with Crippen molar-refractivity contribution in [2.45, 2.75) is 37.9 Å². The Hall–Kier alpha value is -2.86. The van der Waals surface area contributed by atoms with E-state index < -0.39 is 11.7 Å². The number of aromatic nitrogens is 1. The molecule has 168 valence electrons. The summed E-state index contributed by atoms with van der Waals surface area (Å²) in [7, 11) is 1.68. The van der Waals surface area contributed by atoms with Crippen LogP contribution >= 0.6 is 0 Å². The van der Waals surface area contributed by atoms with Crippen molar-refractivity contribution >= 4 is 0 Å². The van der Waals surface area contributed by atoms with E-state index in [-0.39, 0.29) is 0 Å². The van der Waals surface area contributed by atoms with Gasteiger partial charge in [-0.25, -0.2) is 0 Å². The quantitative estimate of drug-likeness (QED) is 0.465. The van der Waals surface area contributed by atoms with Crippen LogP contribution in [0.15, 0.2) is 66.9 Å². The molecule has 0 aliphatic carbocycles. The van der Waals surface area contributed by atoms with Crippen LogP contribution in [-0.4, -0.2) is 30.1 Å². The van der Waals surface area contributed by atoms with Gasteiger partial charge in [0, 0.05) is 30.9 Å². The molecule has 0 N–H and O–H groups in total. The minimum atomic E-state index is -4.32. The lowest BCUT2D eigenvalue weighted by molar-refractivity contribution is -0.137. The minimum Gasteiger partial charge on any atom is -0.497 e. The van der Waals surface area contributed by atoms with E-state index in [1.165, 1.54) is 17.7 Å². The third-order valence-electron chi connectivity index (χ3n) is 5.97. The largest absolute Gasteiger partial charge is 0.497 e. The van der Waals surface area contributed by atoms with Crippen LogP contribution in [0, 0.1) is 0 Å². The number of hydrogen-bond donors (Lipinski definition) is 0. The summed E-state index contributed by atoms with van der Waals surface area (Å²) < 4.78 is 44.2. The van der Waals surface area contributed by atoms with Crippen molar-refractivity contribution in [1.29, 1.82) is 0 Å². The maximum atomic E-state index is 13.0. The molecule has 0 radical (unpaired) electrons. The van der Waals surface area contributed by atoms with Gasteiger partial charge in [0.1, 0.15) is 5.75 Å². The molecule has 0 spiro atoms. The van der Waals surface area contributed by atoms with Gasteiger partial charge in [0.15, 0.2) is 0 Å². The van der Waals surface area contributed by atoms with Gasteiger partial charge >= 0.3 is 6.18 Å². The molecule has 0 bridgehead atoms. The first-order valence-corrected chi connectivity index (χ1v) is 10.9. The van der Waals surface area contributed by atoms with E-state index in [2.05, 4.69) is 22.0 Å². The molecule has 32 heavy (non-hydrogen) atoms. The highest BCUT2D eigenvalue weighted by Crippen LogP contribution is 2.30. The SMILES string of the molecule is COc1cccc(CN2CCC[C@@H](c3ccc(Cc4cccc(C(F)(F)F)c4)cn3)C2)c1. The topological polar surface area (TPSA) is 25.4 Å². The number of halogens is 3. The molecule has 0 unspecified atom stereocenters. The van der Waals surface area contributed by atoms with Gasteiger partial charge in [0.25, 0.3) is 0 Å². The van der Waals surface area contributed by atoms with Crippen molar-refractivity contribution in [3.63, 3.8) is 0 Å². The molecule has 1 aliphatic rings. The van der Waals surface area contributed by atoms with Crippen LogP contribution in [0.25, 0.3) is 0 Å². The fourth-order valence-corrected chi connectivity index (χ4v) is 4.34. The van der Waals surface area contributed by atoms with E-state index in [4.69, 9.17) is 4.74 Å². The van der Waals surface area contributed by atoms with E-state index in [0.29, 0.717) is 17.9 Å². The van der Waals surface area contributed by atoms with Crippen molar-refractivity contribution in [1.82, 2.24) is 9.88 Å². The molecule has 1 atom stereocenters. The molecule has 1 fully saturated rings. The molecule has 2 heterocycles. The third kappa shape index (κ3) is 5.68. The number of ether oxygens (including phenoxy) is 1. The summed E-state index contributed by atoms with van der Waals surface area (Å²) in [5, 5.41) is 0. The first-order valence-electron chi connectivity index (χ1n) is 10.9. The summed E-state index contributed by atoms with van der Waals surface area (Å²) in [5.41, 5.74) is 3.22. The fourth-order valence-electron chi connectivity index (χ4n) is 4.34. The van der Waals surface area contributed by atoms with Crippen molar-refractivity contribution in [2.24, 2.45) is 0 Å². The van der Waals surface area contributed by atoms with Crippen molar-refractivity contribution in [2.75, 3.05) is 20.2 Å². The maximum absolute atomic E-state index is 13.0. The van der Waals surface area contributed by atoms with Crippen molar-refractivity contribution in [3.8, 4) is 5.75 Å². The number of alkyl halides is 3. The van der Waals surface area contributed by atoms with Gasteiger partial charge in [0.2, 0.25) is 0 Å². The van der Waals surface area contributed by atoms with Gasteiger partial charge in [-0.1, -0.05) is 36.4 Å². The van der Waals surface area contributed by atoms with Gasteiger partial charge < -0.3 is 4.74 Å². The van der Waals surface area contributed by atoms with Crippen LogP contribution in [0.3, 0.4) is 0 Å². The van der Waals surface area contributed by atoms with Gasteiger partial charge in [-0.2, -0.15) is 13.2 Å². The van der Waals surface area contributed by atoms with Gasteiger partial charge in [-0.3, -0.25) is 9.88 Å². The molecular weight excluding hydrogens is 413 g/mol. The average Bonchev–Trinajstić information content (AvgIpc) is 2.79. The zero-order chi connectivity index (χ0) is 22.6. The summed E-state index contributed by atoms with van der Waals surface area (Å²) in [6.07, 6.45) is 0.118.